The Bertz CT molecular complexity index is 876. The summed E-state index contributed by atoms with van der Waals surface area (Å²) >= 11 is 0. The second-order valence-corrected chi connectivity index (χ2v) is 6.56. The normalized spacial score (nSPS) is 10.6. The van der Waals surface area contributed by atoms with Gasteiger partial charge in [0.2, 0.25) is 0 Å². The average molecular weight is 378 g/mol. The first-order valence-electron chi connectivity index (χ1n) is 9.11. The van der Waals surface area contributed by atoms with Crippen LogP contribution in [0.3, 0.4) is 0 Å². The Morgan fingerprint density at radius 1 is 0.571 bits per heavy atom. The van der Waals surface area contributed by atoms with Gasteiger partial charge in [-0.15, -0.1) is 0 Å². The van der Waals surface area contributed by atoms with Crippen LogP contribution < -0.4 is 18.9 Å². The van der Waals surface area contributed by atoms with E-state index in [0.29, 0.717) is 0 Å². The number of hydrogen-bond donors (Lipinski definition) is 0. The maximum Gasteiger partial charge on any atom is 0.126 e. The number of hydrogen-bond acceptors (Lipinski definition) is 4. The molecule has 0 atom stereocenters. The van der Waals surface area contributed by atoms with Crippen LogP contribution in [0.5, 0.6) is 23.0 Å². The molecule has 0 saturated heterocycles. The van der Waals surface area contributed by atoms with Gasteiger partial charge in [-0.05, 0) is 24.6 Å². The van der Waals surface area contributed by atoms with Gasteiger partial charge in [0.05, 0.1) is 28.4 Å². The summed E-state index contributed by atoms with van der Waals surface area (Å²) in [6, 6.07) is 20.4. The van der Waals surface area contributed by atoms with Crippen molar-refractivity contribution in [1.29, 1.82) is 0 Å². The monoisotopic (exact) mass is 378 g/mol. The van der Waals surface area contributed by atoms with Crippen LogP contribution in [0.2, 0.25) is 0 Å². The number of benzene rings is 3. The van der Waals surface area contributed by atoms with E-state index in [1.54, 1.807) is 28.4 Å². The van der Waals surface area contributed by atoms with Crippen LogP contribution >= 0.6 is 0 Å². The first-order chi connectivity index (χ1) is 13.6. The molecule has 3 aromatic carbocycles. The van der Waals surface area contributed by atoms with Gasteiger partial charge in [0.15, 0.2) is 0 Å². The van der Waals surface area contributed by atoms with Gasteiger partial charge < -0.3 is 18.9 Å². The van der Waals surface area contributed by atoms with Crippen LogP contribution in [0.1, 0.15) is 28.2 Å². The fourth-order valence-corrected chi connectivity index (χ4v) is 3.40. The molecule has 0 aromatic heterocycles. The zero-order valence-corrected chi connectivity index (χ0v) is 17.0. The molecule has 0 aliphatic heterocycles. The van der Waals surface area contributed by atoms with Crippen molar-refractivity contribution in [3.8, 4) is 23.0 Å². The van der Waals surface area contributed by atoms with Gasteiger partial charge in [-0.25, -0.2) is 0 Å². The molecule has 0 saturated carbocycles. The molecule has 0 fully saturated rings. The van der Waals surface area contributed by atoms with Gasteiger partial charge in [0, 0.05) is 29.2 Å². The van der Waals surface area contributed by atoms with Crippen LogP contribution in [0.4, 0.5) is 0 Å². The number of aryl methyl sites for hydroxylation is 1. The lowest BCUT2D eigenvalue weighted by atomic mass is 9.83. The van der Waals surface area contributed by atoms with Crippen LogP contribution in [-0.4, -0.2) is 28.4 Å². The lowest BCUT2D eigenvalue weighted by Crippen LogP contribution is -2.08. The Balaban J connectivity index is 2.24. The van der Waals surface area contributed by atoms with E-state index in [-0.39, 0.29) is 5.92 Å². The zero-order valence-electron chi connectivity index (χ0n) is 17.0. The smallest absolute Gasteiger partial charge is 0.126 e. The van der Waals surface area contributed by atoms with Crippen LogP contribution in [0, 0.1) is 6.92 Å². The third-order valence-electron chi connectivity index (χ3n) is 4.91. The fourth-order valence-electron chi connectivity index (χ4n) is 3.40. The Labute approximate surface area is 166 Å². The van der Waals surface area contributed by atoms with E-state index in [1.165, 1.54) is 5.56 Å². The fraction of sp³-hybridized carbons (Fsp3) is 0.250. The summed E-state index contributed by atoms with van der Waals surface area (Å²) in [7, 11) is 6.66. The number of methoxy groups -OCH3 is 4. The minimum absolute atomic E-state index is 0.0673. The van der Waals surface area contributed by atoms with E-state index < -0.39 is 0 Å². The van der Waals surface area contributed by atoms with Crippen molar-refractivity contribution >= 4 is 0 Å². The molecule has 0 aliphatic rings. The zero-order chi connectivity index (χ0) is 20.1. The van der Waals surface area contributed by atoms with Crippen molar-refractivity contribution in [2.45, 2.75) is 12.8 Å². The van der Waals surface area contributed by atoms with Crippen molar-refractivity contribution in [3.05, 3.63) is 82.9 Å². The summed E-state index contributed by atoms with van der Waals surface area (Å²) in [5.41, 5.74) is 4.44. The highest BCUT2D eigenvalue weighted by atomic mass is 16.5. The van der Waals surface area contributed by atoms with Crippen molar-refractivity contribution in [3.63, 3.8) is 0 Å². The highest BCUT2D eigenvalue weighted by Gasteiger charge is 2.24. The molecule has 0 aliphatic carbocycles. The van der Waals surface area contributed by atoms with Gasteiger partial charge in [-0.1, -0.05) is 42.0 Å². The molecule has 0 bridgehead atoms. The molecule has 4 heteroatoms. The highest BCUT2D eigenvalue weighted by molar-refractivity contribution is 5.56. The van der Waals surface area contributed by atoms with Crippen molar-refractivity contribution in [2.24, 2.45) is 0 Å². The second kappa shape index (κ2) is 8.70. The van der Waals surface area contributed by atoms with Gasteiger partial charge in [-0.2, -0.15) is 0 Å². The number of ether oxygens (including phenoxy) is 4. The summed E-state index contributed by atoms with van der Waals surface area (Å²) in [4.78, 5) is 0. The maximum absolute atomic E-state index is 5.71. The van der Waals surface area contributed by atoms with E-state index in [2.05, 4.69) is 31.2 Å². The highest BCUT2D eigenvalue weighted by Crippen LogP contribution is 2.43. The van der Waals surface area contributed by atoms with E-state index in [4.69, 9.17) is 18.9 Å². The quantitative estimate of drug-likeness (QED) is 0.529. The van der Waals surface area contributed by atoms with Crippen LogP contribution in [-0.2, 0) is 0 Å². The minimum atomic E-state index is -0.0673. The van der Waals surface area contributed by atoms with Crippen molar-refractivity contribution < 1.29 is 18.9 Å². The first kappa shape index (κ1) is 19.6. The lowest BCUT2D eigenvalue weighted by Gasteiger charge is -2.24. The largest absolute Gasteiger partial charge is 0.497 e. The van der Waals surface area contributed by atoms with Gasteiger partial charge in [0.1, 0.15) is 23.0 Å². The van der Waals surface area contributed by atoms with Gasteiger partial charge >= 0.3 is 0 Å². The van der Waals surface area contributed by atoms with Crippen molar-refractivity contribution in [2.75, 3.05) is 28.4 Å². The van der Waals surface area contributed by atoms with E-state index in [0.717, 1.165) is 39.7 Å². The van der Waals surface area contributed by atoms with Gasteiger partial charge in [0.25, 0.3) is 0 Å². The molecule has 3 aromatic rings. The Morgan fingerprint density at radius 2 is 1.04 bits per heavy atom. The molecular weight excluding hydrogens is 352 g/mol. The van der Waals surface area contributed by atoms with E-state index in [9.17, 15) is 0 Å². The van der Waals surface area contributed by atoms with Crippen LogP contribution in [0.25, 0.3) is 0 Å². The minimum Gasteiger partial charge on any atom is -0.497 e. The molecule has 0 N–H and O–H groups in total. The van der Waals surface area contributed by atoms with E-state index in [1.807, 2.05) is 36.4 Å². The van der Waals surface area contributed by atoms with E-state index >= 15 is 0 Å². The summed E-state index contributed by atoms with van der Waals surface area (Å²) in [5, 5.41) is 0. The molecule has 0 spiro atoms. The molecule has 4 nitrogen and oxygen atoms in total. The SMILES string of the molecule is COc1ccc(C(c2ccc(C)cc2)c2ccc(OC)cc2OC)c(OC)c1. The first-order valence-corrected chi connectivity index (χ1v) is 9.11. The Kier molecular flexibility index (Phi) is 6.09. The second-order valence-electron chi connectivity index (χ2n) is 6.56. The summed E-state index contributed by atoms with van der Waals surface area (Å²) in [6.07, 6.45) is 0. The predicted molar refractivity (Wildman–Crippen MR) is 111 cm³/mol. The molecule has 28 heavy (non-hydrogen) atoms. The molecule has 146 valence electrons. The molecular formula is C24H26O4. The molecule has 0 amide bonds. The maximum atomic E-state index is 5.71. The molecule has 0 unspecified atom stereocenters. The molecule has 3 rings (SSSR count). The lowest BCUT2D eigenvalue weighted by molar-refractivity contribution is 0.386. The summed E-state index contributed by atoms with van der Waals surface area (Å²) in [6.45, 7) is 2.08. The summed E-state index contributed by atoms with van der Waals surface area (Å²) in [5.74, 6) is 2.97. The Hall–Kier alpha value is -3.14. The molecule has 0 heterocycles. The van der Waals surface area contributed by atoms with Gasteiger partial charge in [-0.3, -0.25) is 0 Å². The van der Waals surface area contributed by atoms with Crippen LogP contribution in [0.15, 0.2) is 60.7 Å². The third kappa shape index (κ3) is 3.91. The summed E-state index contributed by atoms with van der Waals surface area (Å²) < 4.78 is 22.2. The molecule has 0 radical (unpaired) electrons. The average Bonchev–Trinajstić information content (AvgIpc) is 2.75. The Morgan fingerprint density at radius 3 is 1.43 bits per heavy atom. The third-order valence-corrected chi connectivity index (χ3v) is 4.91. The number of rotatable bonds is 7. The topological polar surface area (TPSA) is 36.9 Å². The standard InChI is InChI=1S/C24H26O4/c1-16-6-8-17(9-7-16)24(20-12-10-18(25-2)14-22(20)27-4)21-13-11-19(26-3)15-23(21)28-5/h6-15,24H,1-5H3. The van der Waals surface area contributed by atoms with Crippen molar-refractivity contribution in [1.82, 2.24) is 0 Å². The predicted octanol–water partition coefficient (Wildman–Crippen LogP) is 5.21.